The maximum atomic E-state index is 12.7. The van der Waals surface area contributed by atoms with Crippen LogP contribution in [0.15, 0.2) is 0 Å². The summed E-state index contributed by atoms with van der Waals surface area (Å²) < 4.78 is 11.0. The highest BCUT2D eigenvalue weighted by atomic mass is 16.5. The van der Waals surface area contributed by atoms with Crippen LogP contribution in [0.1, 0.15) is 45.4 Å². The Kier molecular flexibility index (Phi) is 2.97. The van der Waals surface area contributed by atoms with Crippen molar-refractivity contribution in [3.8, 4) is 0 Å². The third kappa shape index (κ3) is 1.98. The smallest absolute Gasteiger partial charge is 0.312 e. The third-order valence-corrected chi connectivity index (χ3v) is 6.50. The molecular formula is C17H24O4. The van der Waals surface area contributed by atoms with E-state index in [2.05, 4.69) is 6.92 Å². The van der Waals surface area contributed by atoms with Crippen LogP contribution < -0.4 is 0 Å². The third-order valence-electron chi connectivity index (χ3n) is 6.50. The van der Waals surface area contributed by atoms with Gasteiger partial charge < -0.3 is 9.47 Å². The summed E-state index contributed by atoms with van der Waals surface area (Å²) in [6.45, 7) is 4.02. The minimum Gasteiger partial charge on any atom is -0.464 e. The van der Waals surface area contributed by atoms with E-state index in [9.17, 15) is 9.59 Å². The zero-order valence-corrected chi connectivity index (χ0v) is 12.7. The van der Waals surface area contributed by atoms with Crippen LogP contribution in [0.25, 0.3) is 0 Å². The number of hydrogen-bond acceptors (Lipinski definition) is 4. The lowest BCUT2D eigenvalue weighted by Gasteiger charge is -2.54. The van der Waals surface area contributed by atoms with Gasteiger partial charge in [-0.2, -0.15) is 0 Å². The molecule has 5 aliphatic rings. The number of carbonyl (C=O) groups excluding carboxylic acids is 2. The van der Waals surface area contributed by atoms with Gasteiger partial charge in [0.05, 0.1) is 24.0 Å². The second kappa shape index (κ2) is 4.55. The molecule has 2 atom stereocenters. The van der Waals surface area contributed by atoms with Crippen molar-refractivity contribution in [1.29, 1.82) is 0 Å². The summed E-state index contributed by atoms with van der Waals surface area (Å²) in [5.74, 6) is 1.23. The van der Waals surface area contributed by atoms with Crippen LogP contribution in [0.4, 0.5) is 0 Å². The van der Waals surface area contributed by atoms with Gasteiger partial charge in [0.15, 0.2) is 0 Å². The van der Waals surface area contributed by atoms with E-state index >= 15 is 0 Å². The fraction of sp³-hybridized carbons (Fsp3) is 0.882. The molecule has 1 aliphatic heterocycles. The summed E-state index contributed by atoms with van der Waals surface area (Å²) in [4.78, 5) is 24.9. The van der Waals surface area contributed by atoms with Crippen molar-refractivity contribution in [2.24, 2.45) is 28.6 Å². The normalized spacial score (nSPS) is 42.7. The largest absolute Gasteiger partial charge is 0.464 e. The zero-order valence-electron chi connectivity index (χ0n) is 12.7. The average Bonchev–Trinajstić information content (AvgIpc) is 2.43. The predicted molar refractivity (Wildman–Crippen MR) is 75.5 cm³/mol. The van der Waals surface area contributed by atoms with E-state index in [0.29, 0.717) is 31.5 Å². The number of carbonyl (C=O) groups is 2. The molecule has 1 heterocycles. The lowest BCUT2D eigenvalue weighted by atomic mass is 9.49. The highest BCUT2D eigenvalue weighted by Gasteiger charge is 2.59. The zero-order chi connectivity index (χ0) is 14.7. The fourth-order valence-electron chi connectivity index (χ4n) is 5.15. The van der Waals surface area contributed by atoms with Gasteiger partial charge in [0.2, 0.25) is 0 Å². The van der Waals surface area contributed by atoms with E-state index in [4.69, 9.17) is 9.47 Å². The first-order valence-electron chi connectivity index (χ1n) is 8.35. The maximum Gasteiger partial charge on any atom is 0.312 e. The van der Waals surface area contributed by atoms with Crippen molar-refractivity contribution in [3.63, 3.8) is 0 Å². The molecule has 4 bridgehead atoms. The van der Waals surface area contributed by atoms with Crippen LogP contribution in [0.3, 0.4) is 0 Å². The Bertz CT molecular complexity index is 456. The summed E-state index contributed by atoms with van der Waals surface area (Å²) in [6.07, 6.45) is 5.44. The molecule has 0 aromatic rings. The predicted octanol–water partition coefficient (Wildman–Crippen LogP) is 2.35. The summed E-state index contributed by atoms with van der Waals surface area (Å²) in [6, 6.07) is 0. The molecule has 4 nitrogen and oxygen atoms in total. The molecular weight excluding hydrogens is 268 g/mol. The van der Waals surface area contributed by atoms with Crippen molar-refractivity contribution in [2.45, 2.75) is 45.4 Å². The average molecular weight is 292 g/mol. The van der Waals surface area contributed by atoms with Gasteiger partial charge in [-0.3, -0.25) is 9.59 Å². The van der Waals surface area contributed by atoms with Gasteiger partial charge in [-0.25, -0.2) is 0 Å². The number of Topliss-reactive ketones (excluding diaryl/α,β-unsaturated/α-hetero) is 1. The van der Waals surface area contributed by atoms with Crippen LogP contribution in [-0.2, 0) is 19.1 Å². The lowest BCUT2D eigenvalue weighted by Crippen LogP contribution is -2.55. The van der Waals surface area contributed by atoms with Crippen LogP contribution in [-0.4, -0.2) is 31.6 Å². The van der Waals surface area contributed by atoms with Crippen LogP contribution in [0.5, 0.6) is 0 Å². The summed E-state index contributed by atoms with van der Waals surface area (Å²) in [5.41, 5.74) is -0.294. The molecule has 0 aromatic heterocycles. The quantitative estimate of drug-likeness (QED) is 0.746. The molecule has 4 aliphatic carbocycles. The van der Waals surface area contributed by atoms with E-state index in [1.165, 1.54) is 0 Å². The number of rotatable bonds is 4. The topological polar surface area (TPSA) is 52.6 Å². The summed E-state index contributed by atoms with van der Waals surface area (Å²) >= 11 is 0. The van der Waals surface area contributed by atoms with Gasteiger partial charge >= 0.3 is 5.97 Å². The lowest BCUT2D eigenvalue weighted by molar-refractivity contribution is -0.190. The minimum atomic E-state index is -0.343. The van der Waals surface area contributed by atoms with E-state index in [-0.39, 0.29) is 28.6 Å². The van der Waals surface area contributed by atoms with E-state index in [0.717, 1.165) is 38.5 Å². The fourth-order valence-corrected chi connectivity index (χ4v) is 5.15. The molecule has 5 rings (SSSR count). The Hall–Kier alpha value is -0.900. The van der Waals surface area contributed by atoms with E-state index in [1.807, 2.05) is 0 Å². The van der Waals surface area contributed by atoms with Gasteiger partial charge in [0.25, 0.3) is 0 Å². The number of esters is 1. The standard InChI is InChI=1S/C17H24O4/c1-2-16(8-20-9-16)10-21-15(19)17-5-11-3-12(6-17)14(18)13(4-11)7-17/h11-13H,2-10H2,1H3. The van der Waals surface area contributed by atoms with Crippen molar-refractivity contribution in [1.82, 2.24) is 0 Å². The molecule has 1 saturated heterocycles. The first-order chi connectivity index (χ1) is 10.1. The molecule has 0 amide bonds. The van der Waals surface area contributed by atoms with Crippen molar-refractivity contribution < 1.29 is 19.1 Å². The van der Waals surface area contributed by atoms with Crippen LogP contribution in [0.2, 0.25) is 0 Å². The minimum absolute atomic E-state index is 0.0332. The number of hydrogen-bond donors (Lipinski definition) is 0. The van der Waals surface area contributed by atoms with E-state index in [1.54, 1.807) is 0 Å². The van der Waals surface area contributed by atoms with Gasteiger partial charge in [-0.1, -0.05) is 6.92 Å². The molecule has 0 aromatic carbocycles. The van der Waals surface area contributed by atoms with Gasteiger partial charge in [-0.15, -0.1) is 0 Å². The second-order valence-electron chi connectivity index (χ2n) is 7.95. The van der Waals surface area contributed by atoms with Crippen molar-refractivity contribution in [3.05, 3.63) is 0 Å². The Balaban J connectivity index is 1.46. The van der Waals surface area contributed by atoms with E-state index < -0.39 is 0 Å². The molecule has 2 unspecified atom stereocenters. The van der Waals surface area contributed by atoms with Crippen molar-refractivity contribution in [2.75, 3.05) is 19.8 Å². The molecule has 4 saturated carbocycles. The second-order valence-corrected chi connectivity index (χ2v) is 7.95. The Morgan fingerprint density at radius 2 is 1.90 bits per heavy atom. The number of ketones is 1. The maximum absolute atomic E-state index is 12.7. The molecule has 0 spiro atoms. The SMILES string of the molecule is CCC1(COC(=O)C23CC4CC(C2)C(=O)C(C4)C3)COC1. The molecule has 5 fully saturated rings. The molecule has 0 N–H and O–H groups in total. The molecule has 4 heteroatoms. The first kappa shape index (κ1) is 13.7. The summed E-state index contributed by atoms with van der Waals surface area (Å²) in [7, 11) is 0. The Morgan fingerprint density at radius 3 is 2.43 bits per heavy atom. The number of ether oxygens (including phenoxy) is 2. The molecule has 21 heavy (non-hydrogen) atoms. The highest BCUT2D eigenvalue weighted by Crippen LogP contribution is 2.59. The van der Waals surface area contributed by atoms with Crippen LogP contribution >= 0.6 is 0 Å². The van der Waals surface area contributed by atoms with Gasteiger partial charge in [-0.05, 0) is 44.4 Å². The Morgan fingerprint density at radius 1 is 1.24 bits per heavy atom. The van der Waals surface area contributed by atoms with Gasteiger partial charge in [0.1, 0.15) is 12.4 Å². The molecule has 116 valence electrons. The molecule has 0 radical (unpaired) electrons. The highest BCUT2D eigenvalue weighted by molar-refractivity contribution is 5.89. The van der Waals surface area contributed by atoms with Gasteiger partial charge in [0, 0.05) is 11.8 Å². The first-order valence-corrected chi connectivity index (χ1v) is 8.35. The van der Waals surface area contributed by atoms with Crippen LogP contribution in [0, 0.1) is 28.6 Å². The Labute approximate surface area is 125 Å². The summed E-state index contributed by atoms with van der Waals surface area (Å²) in [5, 5.41) is 0. The van der Waals surface area contributed by atoms with Crippen molar-refractivity contribution >= 4 is 11.8 Å². The monoisotopic (exact) mass is 292 g/mol.